The van der Waals surface area contributed by atoms with Crippen LogP contribution in [0, 0.1) is 5.41 Å². The molecule has 1 rings (SSSR count). The zero-order chi connectivity index (χ0) is 21.1. The van der Waals surface area contributed by atoms with Crippen LogP contribution in [0.15, 0.2) is 0 Å². The first-order valence-electron chi connectivity index (χ1n) is 8.51. The zero-order valence-corrected chi connectivity index (χ0v) is 15.4. The van der Waals surface area contributed by atoms with E-state index in [4.69, 9.17) is 19.7 Å². The van der Waals surface area contributed by atoms with Crippen molar-refractivity contribution in [2.45, 2.75) is 75.9 Å². The minimum atomic E-state index is -1.99. The molecule has 0 bridgehead atoms. The summed E-state index contributed by atoms with van der Waals surface area (Å²) in [7, 11) is 0. The summed E-state index contributed by atoms with van der Waals surface area (Å²) in [5.41, 5.74) is -0.896. The van der Waals surface area contributed by atoms with Gasteiger partial charge in [-0.1, -0.05) is 20.8 Å². The van der Waals surface area contributed by atoms with Crippen molar-refractivity contribution in [2.24, 2.45) is 5.41 Å². The lowest BCUT2D eigenvalue weighted by Crippen LogP contribution is -2.61. The van der Waals surface area contributed by atoms with Gasteiger partial charge in [0, 0.05) is 0 Å². The van der Waals surface area contributed by atoms with Gasteiger partial charge in [-0.3, -0.25) is 4.79 Å². The number of aliphatic hydroxyl groups is 8. The summed E-state index contributed by atoms with van der Waals surface area (Å²) >= 11 is 0. The lowest BCUT2D eigenvalue weighted by molar-refractivity contribution is -0.314. The molecular formula is C16H30O11. The maximum atomic E-state index is 12.5. The Balaban J connectivity index is 3.02. The van der Waals surface area contributed by atoms with Gasteiger partial charge < -0.3 is 50.3 Å². The van der Waals surface area contributed by atoms with E-state index in [0.717, 1.165) is 0 Å². The van der Waals surface area contributed by atoms with Gasteiger partial charge in [0.05, 0.1) is 19.3 Å². The molecule has 1 saturated heterocycles. The van der Waals surface area contributed by atoms with E-state index in [1.165, 1.54) is 0 Å². The Morgan fingerprint density at radius 1 is 1.04 bits per heavy atom. The van der Waals surface area contributed by atoms with Crippen molar-refractivity contribution in [3.05, 3.63) is 0 Å². The molecule has 0 aromatic carbocycles. The monoisotopic (exact) mass is 398 g/mol. The molecule has 0 radical (unpaired) electrons. The van der Waals surface area contributed by atoms with Crippen LogP contribution in [0.5, 0.6) is 0 Å². The van der Waals surface area contributed by atoms with Gasteiger partial charge in [0.1, 0.15) is 42.7 Å². The molecule has 1 aliphatic heterocycles. The smallest absolute Gasteiger partial charge is 0.195 e. The van der Waals surface area contributed by atoms with Crippen molar-refractivity contribution < 1.29 is 55.1 Å². The average Bonchev–Trinajstić information content (AvgIpc) is 2.62. The normalized spacial score (nSPS) is 34.0. The lowest BCUT2D eigenvalue weighted by Gasteiger charge is -2.41. The lowest BCUT2D eigenvalue weighted by atomic mass is 9.83. The number of rotatable bonds is 8. The van der Waals surface area contributed by atoms with Gasteiger partial charge in [-0.2, -0.15) is 0 Å². The van der Waals surface area contributed by atoms with Gasteiger partial charge >= 0.3 is 0 Å². The summed E-state index contributed by atoms with van der Waals surface area (Å²) < 4.78 is 10.3. The minimum Gasteiger partial charge on any atom is -0.394 e. The molecular weight excluding hydrogens is 368 g/mol. The van der Waals surface area contributed by atoms with Crippen LogP contribution in [0.2, 0.25) is 0 Å². The summed E-state index contributed by atoms with van der Waals surface area (Å²) in [6.07, 6.45) is -15.7. The Morgan fingerprint density at radius 3 is 2.04 bits per heavy atom. The van der Waals surface area contributed by atoms with Crippen molar-refractivity contribution in [3.8, 4) is 0 Å². The van der Waals surface area contributed by atoms with Gasteiger partial charge in [-0.25, -0.2) is 0 Å². The van der Waals surface area contributed by atoms with Crippen LogP contribution in [-0.4, -0.2) is 115 Å². The van der Waals surface area contributed by atoms with Crippen molar-refractivity contribution in [3.63, 3.8) is 0 Å². The summed E-state index contributed by atoms with van der Waals surface area (Å²) in [4.78, 5) is 12.5. The molecule has 160 valence electrons. The maximum absolute atomic E-state index is 12.5. The molecule has 0 amide bonds. The van der Waals surface area contributed by atoms with Crippen LogP contribution in [0.3, 0.4) is 0 Å². The van der Waals surface area contributed by atoms with E-state index in [2.05, 4.69) is 0 Å². The molecule has 1 fully saturated rings. The SMILES string of the molecule is CC(C)(C)C(O)[C@H](O)C(=O)[C@H](OC1O[C@H](CO)[C@H](O)[C@H](O)[C@H]1O)[C@H](O)CO. The summed E-state index contributed by atoms with van der Waals surface area (Å²) in [5, 5.41) is 77.9. The highest BCUT2D eigenvalue weighted by molar-refractivity contribution is 5.88. The predicted molar refractivity (Wildman–Crippen MR) is 88.2 cm³/mol. The van der Waals surface area contributed by atoms with Crippen LogP contribution in [-0.2, 0) is 14.3 Å². The molecule has 2 unspecified atom stereocenters. The van der Waals surface area contributed by atoms with E-state index in [0.29, 0.717) is 0 Å². The Morgan fingerprint density at radius 2 is 1.59 bits per heavy atom. The van der Waals surface area contributed by atoms with Gasteiger partial charge in [0.15, 0.2) is 12.1 Å². The summed E-state index contributed by atoms with van der Waals surface area (Å²) in [6, 6.07) is 0. The van der Waals surface area contributed by atoms with Crippen LogP contribution < -0.4 is 0 Å². The van der Waals surface area contributed by atoms with E-state index in [1.54, 1.807) is 20.8 Å². The standard InChI is InChI=1S/C16H30O11/c1-16(2,3)14(25)11(23)10(22)13(6(19)4-17)27-15-12(24)9(21)8(20)7(5-18)26-15/h6-9,11-15,17-21,23-25H,4-5H2,1-3H3/t6-,7-,8+,9+,11-,12-,13-,14?,15?/m1/s1. The highest BCUT2D eigenvalue weighted by atomic mass is 16.7. The van der Waals surface area contributed by atoms with Gasteiger partial charge in [0.25, 0.3) is 0 Å². The molecule has 8 N–H and O–H groups in total. The van der Waals surface area contributed by atoms with Gasteiger partial charge in [0.2, 0.25) is 0 Å². The first-order chi connectivity index (χ1) is 12.4. The van der Waals surface area contributed by atoms with Crippen molar-refractivity contribution in [1.82, 2.24) is 0 Å². The second kappa shape index (κ2) is 9.65. The molecule has 11 nitrogen and oxygen atoms in total. The number of hydrogen-bond donors (Lipinski definition) is 8. The van der Waals surface area contributed by atoms with Crippen LogP contribution in [0.25, 0.3) is 0 Å². The molecule has 0 spiro atoms. The van der Waals surface area contributed by atoms with Crippen LogP contribution in [0.4, 0.5) is 0 Å². The summed E-state index contributed by atoms with van der Waals surface area (Å²) in [5.74, 6) is -1.18. The Hall–Kier alpha value is -0.730. The summed E-state index contributed by atoms with van der Waals surface area (Å²) in [6.45, 7) is 2.99. The third-order valence-electron chi connectivity index (χ3n) is 4.42. The van der Waals surface area contributed by atoms with Crippen LogP contribution in [0.1, 0.15) is 20.8 Å². The first kappa shape index (κ1) is 24.3. The molecule has 1 heterocycles. The van der Waals surface area contributed by atoms with E-state index >= 15 is 0 Å². The van der Waals surface area contributed by atoms with Gasteiger partial charge in [-0.05, 0) is 5.41 Å². The fourth-order valence-electron chi connectivity index (χ4n) is 2.56. The quantitative estimate of drug-likeness (QED) is 0.197. The molecule has 0 aromatic rings. The van der Waals surface area contributed by atoms with E-state index < -0.39 is 79.5 Å². The topological polar surface area (TPSA) is 197 Å². The average molecular weight is 398 g/mol. The number of hydrogen-bond acceptors (Lipinski definition) is 11. The molecule has 1 aliphatic rings. The molecule has 0 aliphatic carbocycles. The fraction of sp³-hybridized carbons (Fsp3) is 0.938. The third-order valence-corrected chi connectivity index (χ3v) is 4.42. The van der Waals surface area contributed by atoms with E-state index in [1.807, 2.05) is 0 Å². The second-order valence-electron chi connectivity index (χ2n) is 7.66. The molecule has 0 saturated carbocycles. The van der Waals surface area contributed by atoms with E-state index in [-0.39, 0.29) is 0 Å². The van der Waals surface area contributed by atoms with Gasteiger partial charge in [-0.15, -0.1) is 0 Å². The van der Waals surface area contributed by atoms with E-state index in [9.17, 15) is 35.4 Å². The van der Waals surface area contributed by atoms with Crippen molar-refractivity contribution >= 4 is 5.78 Å². The Bertz CT molecular complexity index is 477. The highest BCUT2D eigenvalue weighted by Crippen LogP contribution is 2.26. The number of carbonyl (C=O) groups is 1. The maximum Gasteiger partial charge on any atom is 0.195 e. The molecule has 11 heteroatoms. The first-order valence-corrected chi connectivity index (χ1v) is 8.51. The molecule has 0 aromatic heterocycles. The van der Waals surface area contributed by atoms with Crippen LogP contribution >= 0.6 is 0 Å². The molecule has 9 atom stereocenters. The highest BCUT2D eigenvalue weighted by Gasteiger charge is 2.47. The largest absolute Gasteiger partial charge is 0.394 e. The Kier molecular flexibility index (Phi) is 8.69. The number of Topliss-reactive ketones (excluding diaryl/α,β-unsaturated/α-hetero) is 1. The zero-order valence-electron chi connectivity index (χ0n) is 15.4. The predicted octanol–water partition coefficient (Wildman–Crippen LogP) is -4.14. The Labute approximate surface area is 156 Å². The number of carbonyl (C=O) groups excluding carboxylic acids is 1. The number of aliphatic hydroxyl groups excluding tert-OH is 8. The van der Waals surface area contributed by atoms with Crippen molar-refractivity contribution in [1.29, 1.82) is 0 Å². The number of ether oxygens (including phenoxy) is 2. The fourth-order valence-corrected chi connectivity index (χ4v) is 2.56. The minimum absolute atomic E-state index is 0.739. The third kappa shape index (κ3) is 5.64. The molecule has 27 heavy (non-hydrogen) atoms. The van der Waals surface area contributed by atoms with Crippen molar-refractivity contribution in [2.75, 3.05) is 13.2 Å². The second-order valence-corrected chi connectivity index (χ2v) is 7.66. The number of ketones is 1.